The smallest absolute Gasteiger partial charge is 0.334 e. The molecule has 0 radical (unpaired) electrons. The molecule has 2 fully saturated rings. The first-order valence-electron chi connectivity index (χ1n) is 13.6. The van der Waals surface area contributed by atoms with Gasteiger partial charge < -0.3 is 15.1 Å². The molecule has 0 bridgehead atoms. The first-order chi connectivity index (χ1) is 19.5. The third-order valence-electron chi connectivity index (χ3n) is 7.32. The number of likely N-dealkylation sites (N-methyl/N-ethyl adjacent to an activating group) is 1. The summed E-state index contributed by atoms with van der Waals surface area (Å²) in [5.74, 6) is 1.41. The van der Waals surface area contributed by atoms with Crippen molar-refractivity contribution in [3.05, 3.63) is 108 Å². The van der Waals surface area contributed by atoms with Gasteiger partial charge in [0.2, 0.25) is 11.8 Å². The maximum absolute atomic E-state index is 13.9. The molecule has 3 aromatic rings. The van der Waals surface area contributed by atoms with Crippen molar-refractivity contribution in [1.29, 1.82) is 0 Å². The van der Waals surface area contributed by atoms with E-state index in [1.165, 1.54) is 5.56 Å². The second-order valence-electron chi connectivity index (χ2n) is 10.1. The minimum Gasteiger partial charge on any atom is -0.336 e. The van der Waals surface area contributed by atoms with E-state index in [9.17, 15) is 14.4 Å². The van der Waals surface area contributed by atoms with Crippen LogP contribution in [0, 0.1) is 0 Å². The Balaban J connectivity index is 1.35. The lowest BCUT2D eigenvalue weighted by Gasteiger charge is -2.54. The highest BCUT2D eigenvalue weighted by Crippen LogP contribution is 2.28. The average molecular weight is 558 g/mol. The number of piperazine rings is 1. The second kappa shape index (κ2) is 13.0. The van der Waals surface area contributed by atoms with Crippen LogP contribution >= 0.6 is 11.8 Å². The number of carbonyl (C=O) groups excluding carboxylic acids is 3. The molecule has 0 saturated carbocycles. The van der Waals surface area contributed by atoms with Gasteiger partial charge in [0, 0.05) is 38.1 Å². The SMILES string of the molecule is CN1CC(=O)N2[C@@H](Cc3ccccc3)C(=O)N(CCSCc3ccccc3)C[C@@H]2N1C(=O)NCc1ccccc1. The highest BCUT2D eigenvalue weighted by molar-refractivity contribution is 7.98. The van der Waals surface area contributed by atoms with Crippen LogP contribution in [0.15, 0.2) is 91.0 Å². The Kier molecular flexibility index (Phi) is 9.03. The van der Waals surface area contributed by atoms with Crippen LogP contribution in [0.5, 0.6) is 0 Å². The highest BCUT2D eigenvalue weighted by atomic mass is 32.2. The zero-order valence-electron chi connectivity index (χ0n) is 22.7. The summed E-state index contributed by atoms with van der Waals surface area (Å²) in [4.78, 5) is 44.3. The number of hydrogen-bond donors (Lipinski definition) is 1. The van der Waals surface area contributed by atoms with Gasteiger partial charge in [-0.1, -0.05) is 91.0 Å². The molecule has 0 aromatic heterocycles. The van der Waals surface area contributed by atoms with Crippen LogP contribution in [0.3, 0.4) is 0 Å². The Labute approximate surface area is 239 Å². The molecule has 2 aliphatic heterocycles. The molecule has 0 spiro atoms. The van der Waals surface area contributed by atoms with E-state index in [0.29, 0.717) is 19.5 Å². The maximum Gasteiger partial charge on any atom is 0.334 e. The molecule has 208 valence electrons. The molecule has 8 nitrogen and oxygen atoms in total. The lowest BCUT2D eigenvalue weighted by Crippen LogP contribution is -2.76. The number of benzene rings is 3. The Morgan fingerprint density at radius 3 is 2.12 bits per heavy atom. The van der Waals surface area contributed by atoms with E-state index in [4.69, 9.17) is 0 Å². The Hall–Kier alpha value is -3.82. The third kappa shape index (κ3) is 6.48. The molecule has 3 aromatic carbocycles. The molecular formula is C31H35N5O3S. The normalized spacial score (nSPS) is 19.5. The molecule has 4 amide bonds. The molecule has 0 aliphatic carbocycles. The van der Waals surface area contributed by atoms with Gasteiger partial charge in [-0.15, -0.1) is 0 Å². The van der Waals surface area contributed by atoms with Crippen molar-refractivity contribution in [2.75, 3.05) is 32.4 Å². The Bertz CT molecular complexity index is 1290. The number of nitrogens with one attached hydrogen (secondary N) is 1. The van der Waals surface area contributed by atoms with Gasteiger partial charge in [0.25, 0.3) is 0 Å². The number of thioether (sulfide) groups is 1. The molecule has 2 aliphatic rings. The number of urea groups is 1. The molecule has 2 saturated heterocycles. The number of rotatable bonds is 9. The van der Waals surface area contributed by atoms with E-state index < -0.39 is 12.2 Å². The van der Waals surface area contributed by atoms with Crippen LogP contribution in [0.4, 0.5) is 4.79 Å². The number of carbonyl (C=O) groups is 3. The molecule has 40 heavy (non-hydrogen) atoms. The predicted octanol–water partition coefficient (Wildman–Crippen LogP) is 3.60. The molecule has 2 atom stereocenters. The molecule has 2 heterocycles. The zero-order valence-corrected chi connectivity index (χ0v) is 23.5. The van der Waals surface area contributed by atoms with Gasteiger partial charge in [-0.3, -0.25) is 9.59 Å². The topological polar surface area (TPSA) is 76.2 Å². The summed E-state index contributed by atoms with van der Waals surface area (Å²) in [7, 11) is 1.75. The fourth-order valence-corrected chi connectivity index (χ4v) is 6.26. The van der Waals surface area contributed by atoms with Gasteiger partial charge in [0.1, 0.15) is 12.2 Å². The van der Waals surface area contributed by atoms with Crippen LogP contribution in [0.2, 0.25) is 0 Å². The van der Waals surface area contributed by atoms with Crippen molar-refractivity contribution < 1.29 is 14.4 Å². The minimum absolute atomic E-state index is 0.0285. The number of fused-ring (bicyclic) bond motifs is 1. The lowest BCUT2D eigenvalue weighted by atomic mass is 9.99. The van der Waals surface area contributed by atoms with Crippen molar-refractivity contribution >= 4 is 29.6 Å². The number of amides is 4. The molecular weight excluding hydrogens is 522 g/mol. The average Bonchev–Trinajstić information content (AvgIpc) is 2.97. The van der Waals surface area contributed by atoms with Crippen LogP contribution in [0.1, 0.15) is 16.7 Å². The predicted molar refractivity (Wildman–Crippen MR) is 157 cm³/mol. The summed E-state index contributed by atoms with van der Waals surface area (Å²) in [5.41, 5.74) is 3.21. The quantitative estimate of drug-likeness (QED) is 0.407. The Morgan fingerprint density at radius 2 is 1.48 bits per heavy atom. The third-order valence-corrected chi connectivity index (χ3v) is 8.33. The van der Waals surface area contributed by atoms with Crippen LogP contribution in [0.25, 0.3) is 0 Å². The lowest BCUT2D eigenvalue weighted by molar-refractivity contribution is -0.186. The van der Waals surface area contributed by atoms with E-state index in [1.807, 2.05) is 83.8 Å². The van der Waals surface area contributed by atoms with E-state index >= 15 is 0 Å². The summed E-state index contributed by atoms with van der Waals surface area (Å²) in [6.07, 6.45) is -0.189. The van der Waals surface area contributed by atoms with Crippen molar-refractivity contribution in [3.8, 4) is 0 Å². The van der Waals surface area contributed by atoms with E-state index in [1.54, 1.807) is 33.7 Å². The van der Waals surface area contributed by atoms with Gasteiger partial charge in [-0.05, 0) is 16.7 Å². The van der Waals surface area contributed by atoms with Gasteiger partial charge in [0.05, 0.1) is 13.1 Å². The molecule has 0 unspecified atom stereocenters. The van der Waals surface area contributed by atoms with Crippen LogP contribution in [-0.4, -0.2) is 82.3 Å². The summed E-state index contributed by atoms with van der Waals surface area (Å²) >= 11 is 1.77. The fraction of sp³-hybridized carbons (Fsp3) is 0.323. The van der Waals surface area contributed by atoms with Crippen molar-refractivity contribution in [2.24, 2.45) is 0 Å². The summed E-state index contributed by atoms with van der Waals surface area (Å²) in [6.45, 7) is 1.21. The number of hydrogen-bond acceptors (Lipinski definition) is 5. The van der Waals surface area contributed by atoms with Gasteiger partial charge >= 0.3 is 6.03 Å². The highest BCUT2D eigenvalue weighted by Gasteiger charge is 2.50. The van der Waals surface area contributed by atoms with Crippen LogP contribution < -0.4 is 5.32 Å². The maximum atomic E-state index is 13.9. The van der Waals surface area contributed by atoms with Crippen molar-refractivity contribution in [3.63, 3.8) is 0 Å². The van der Waals surface area contributed by atoms with Gasteiger partial charge in [0.15, 0.2) is 0 Å². The molecule has 1 N–H and O–H groups in total. The van der Waals surface area contributed by atoms with E-state index in [0.717, 1.165) is 22.6 Å². The van der Waals surface area contributed by atoms with Crippen molar-refractivity contribution in [1.82, 2.24) is 25.1 Å². The van der Waals surface area contributed by atoms with E-state index in [2.05, 4.69) is 17.4 Å². The zero-order chi connectivity index (χ0) is 27.9. The Morgan fingerprint density at radius 1 is 0.875 bits per heavy atom. The monoisotopic (exact) mass is 557 g/mol. The summed E-state index contributed by atoms with van der Waals surface area (Å²) in [6, 6.07) is 28.8. The summed E-state index contributed by atoms with van der Waals surface area (Å²) in [5, 5.41) is 6.29. The van der Waals surface area contributed by atoms with Crippen LogP contribution in [-0.2, 0) is 28.3 Å². The van der Waals surface area contributed by atoms with E-state index in [-0.39, 0.29) is 30.9 Å². The van der Waals surface area contributed by atoms with Crippen molar-refractivity contribution in [2.45, 2.75) is 30.9 Å². The van der Waals surface area contributed by atoms with Gasteiger partial charge in [-0.25, -0.2) is 14.8 Å². The molecule has 5 rings (SSSR count). The number of nitrogens with zero attached hydrogens (tertiary/aromatic N) is 4. The minimum atomic E-state index is -0.675. The largest absolute Gasteiger partial charge is 0.336 e. The first-order valence-corrected chi connectivity index (χ1v) is 14.7. The second-order valence-corrected chi connectivity index (χ2v) is 11.2. The summed E-state index contributed by atoms with van der Waals surface area (Å²) < 4.78 is 0. The van der Waals surface area contributed by atoms with Gasteiger partial charge in [-0.2, -0.15) is 11.8 Å². The fourth-order valence-electron chi connectivity index (χ4n) is 5.34. The standard InChI is InChI=1S/C31H35N5O3S/c1-33-22-29(37)35-27(19-24-11-5-2-6-12-24)30(38)34(17-18-40-23-26-15-9-4-10-16-26)21-28(35)36(33)31(39)32-20-25-13-7-3-8-14-25/h2-16,27-28H,17-23H2,1H3,(H,32,39)/t27-,28-/m0/s1. The first kappa shape index (κ1) is 27.7. The molecule has 9 heteroatoms. The number of hydrazine groups is 1.